The van der Waals surface area contributed by atoms with Gasteiger partial charge in [-0.25, -0.2) is 9.96 Å². The van der Waals surface area contributed by atoms with Crippen LogP contribution >= 0.6 is 0 Å². The second-order valence-electron chi connectivity index (χ2n) is 8.44. The molecule has 0 aromatic heterocycles. The molecule has 2 aliphatic heterocycles. The number of imide groups is 1. The normalized spacial score (nSPS) is 21.9. The number of carbonyl (C=O) groups excluding carboxylic acids is 2. The molecule has 2 aliphatic rings. The predicted molar refractivity (Wildman–Crippen MR) is 129 cm³/mol. The molecule has 6 rings (SSSR count). The van der Waals surface area contributed by atoms with Gasteiger partial charge in [-0.05, 0) is 41.3 Å². The molecule has 168 valence electrons. The van der Waals surface area contributed by atoms with Crippen LogP contribution < -0.4 is 14.7 Å². The maximum atomic E-state index is 13.9. The molecule has 0 radical (unpaired) electrons. The first-order valence-electron chi connectivity index (χ1n) is 11.2. The van der Waals surface area contributed by atoms with E-state index in [0.29, 0.717) is 5.69 Å². The predicted octanol–water partition coefficient (Wildman–Crippen LogP) is 4.90. The highest BCUT2D eigenvalue weighted by atomic mass is 16.7. The van der Waals surface area contributed by atoms with Gasteiger partial charge in [0.25, 0.3) is 5.91 Å². The number of carbonyl (C=O) groups is 2. The number of para-hydroxylation sites is 1. The zero-order valence-electron chi connectivity index (χ0n) is 18.5. The van der Waals surface area contributed by atoms with E-state index in [1.165, 1.54) is 4.90 Å². The first-order chi connectivity index (χ1) is 16.7. The summed E-state index contributed by atoms with van der Waals surface area (Å²) >= 11 is 0. The number of rotatable bonds is 4. The van der Waals surface area contributed by atoms with Gasteiger partial charge in [-0.3, -0.25) is 14.4 Å². The second kappa shape index (κ2) is 8.01. The van der Waals surface area contributed by atoms with Crippen LogP contribution in [0.1, 0.15) is 11.6 Å². The van der Waals surface area contributed by atoms with Gasteiger partial charge in [0.15, 0.2) is 6.10 Å². The molecule has 4 aromatic carbocycles. The van der Waals surface area contributed by atoms with Crippen LogP contribution in [0.3, 0.4) is 0 Å². The topological polar surface area (TPSA) is 59.1 Å². The van der Waals surface area contributed by atoms with E-state index < -0.39 is 18.1 Å². The van der Waals surface area contributed by atoms with Crippen molar-refractivity contribution >= 4 is 34.0 Å². The number of hydroxylamine groups is 1. The van der Waals surface area contributed by atoms with E-state index in [0.717, 1.165) is 27.8 Å². The van der Waals surface area contributed by atoms with E-state index in [1.807, 2.05) is 97.1 Å². The van der Waals surface area contributed by atoms with E-state index in [4.69, 9.17) is 9.57 Å². The fourth-order valence-electron chi connectivity index (χ4n) is 4.99. The Morgan fingerprint density at radius 2 is 1.47 bits per heavy atom. The van der Waals surface area contributed by atoms with Crippen molar-refractivity contribution in [2.45, 2.75) is 12.1 Å². The summed E-state index contributed by atoms with van der Waals surface area (Å²) in [5, 5.41) is 3.52. The molecule has 3 atom stereocenters. The van der Waals surface area contributed by atoms with Gasteiger partial charge >= 0.3 is 0 Å². The molecule has 6 heteroatoms. The first kappa shape index (κ1) is 20.4. The highest BCUT2D eigenvalue weighted by molar-refractivity contribution is 6.26. The fraction of sp³-hybridized carbons (Fsp3) is 0.143. The summed E-state index contributed by atoms with van der Waals surface area (Å²) in [6.07, 6.45) is -0.904. The molecular weight excluding hydrogens is 428 g/mol. The van der Waals surface area contributed by atoms with Crippen LogP contribution in [0.15, 0.2) is 97.1 Å². The van der Waals surface area contributed by atoms with Crippen LogP contribution in [0, 0.1) is 5.92 Å². The molecule has 6 nitrogen and oxygen atoms in total. The van der Waals surface area contributed by atoms with Gasteiger partial charge in [0.1, 0.15) is 11.7 Å². The molecule has 0 N–H and O–H groups in total. The summed E-state index contributed by atoms with van der Waals surface area (Å²) in [4.78, 5) is 35.1. The number of benzene rings is 4. The summed E-state index contributed by atoms with van der Waals surface area (Å²) in [7, 11) is 1.61. The van der Waals surface area contributed by atoms with Gasteiger partial charge < -0.3 is 4.74 Å². The van der Waals surface area contributed by atoms with Crippen LogP contribution in [0.4, 0.5) is 11.4 Å². The third kappa shape index (κ3) is 3.07. The zero-order valence-corrected chi connectivity index (χ0v) is 18.5. The number of amides is 2. The van der Waals surface area contributed by atoms with Crippen LogP contribution in [0.2, 0.25) is 0 Å². The molecule has 0 saturated carbocycles. The SMILES string of the molecule is COc1ccc([C@@H]2[C@@H]3C(=O)N(c4cccc5ccccc45)C(=O)[C@@H]3ON2c2ccccc2)cc1. The number of hydrogen-bond donors (Lipinski definition) is 0. The largest absolute Gasteiger partial charge is 0.497 e. The average molecular weight is 450 g/mol. The number of methoxy groups -OCH3 is 1. The first-order valence-corrected chi connectivity index (χ1v) is 11.2. The minimum absolute atomic E-state index is 0.259. The molecule has 0 aliphatic carbocycles. The van der Waals surface area contributed by atoms with Crippen molar-refractivity contribution in [2.75, 3.05) is 17.1 Å². The Morgan fingerprint density at radius 3 is 2.24 bits per heavy atom. The number of ether oxygens (including phenoxy) is 1. The lowest BCUT2D eigenvalue weighted by Crippen LogP contribution is -2.37. The van der Waals surface area contributed by atoms with Crippen LogP contribution in [-0.4, -0.2) is 25.0 Å². The molecule has 4 aromatic rings. The fourth-order valence-corrected chi connectivity index (χ4v) is 4.99. The Bertz CT molecular complexity index is 1380. The summed E-state index contributed by atoms with van der Waals surface area (Å²) < 4.78 is 5.31. The van der Waals surface area contributed by atoms with Crippen LogP contribution in [0.5, 0.6) is 5.75 Å². The highest BCUT2D eigenvalue weighted by Crippen LogP contribution is 2.48. The van der Waals surface area contributed by atoms with Crippen molar-refractivity contribution in [1.82, 2.24) is 0 Å². The van der Waals surface area contributed by atoms with Crippen molar-refractivity contribution < 1.29 is 19.2 Å². The summed E-state index contributed by atoms with van der Waals surface area (Å²) in [5.74, 6) is -0.564. The maximum Gasteiger partial charge on any atom is 0.266 e. The van der Waals surface area contributed by atoms with Gasteiger partial charge in [0.2, 0.25) is 5.91 Å². The zero-order chi connectivity index (χ0) is 23.2. The van der Waals surface area contributed by atoms with Crippen molar-refractivity contribution in [1.29, 1.82) is 0 Å². The van der Waals surface area contributed by atoms with Gasteiger partial charge in [-0.15, -0.1) is 0 Å². The van der Waals surface area contributed by atoms with E-state index in [2.05, 4.69) is 0 Å². The standard InChI is InChI=1S/C28H22N2O4/c1-33-21-16-14-19(15-17-21)25-24-26(34-30(25)20-10-3-2-4-11-20)28(32)29(27(24)31)23-13-7-9-18-8-5-6-12-22(18)23/h2-17,24-26H,1H3/t24-,25+,26+/m0/s1. The highest BCUT2D eigenvalue weighted by Gasteiger charge is 2.60. The molecule has 0 bridgehead atoms. The van der Waals surface area contributed by atoms with Gasteiger partial charge in [0, 0.05) is 5.39 Å². The maximum absolute atomic E-state index is 13.9. The van der Waals surface area contributed by atoms with Crippen LogP contribution in [0.25, 0.3) is 10.8 Å². The van der Waals surface area contributed by atoms with Crippen molar-refractivity contribution in [3.05, 3.63) is 103 Å². The summed E-state index contributed by atoms with van der Waals surface area (Å²) in [5.41, 5.74) is 2.25. The number of hydrogen-bond acceptors (Lipinski definition) is 5. The summed E-state index contributed by atoms with van der Waals surface area (Å²) in [6.45, 7) is 0. The van der Waals surface area contributed by atoms with Crippen molar-refractivity contribution in [3.8, 4) is 5.75 Å². The Morgan fingerprint density at radius 1 is 0.765 bits per heavy atom. The number of fused-ring (bicyclic) bond motifs is 2. The summed E-state index contributed by atoms with van der Waals surface area (Å²) in [6, 6.07) is 30.0. The third-order valence-corrected chi connectivity index (χ3v) is 6.59. The minimum atomic E-state index is -0.904. The monoisotopic (exact) mass is 450 g/mol. The minimum Gasteiger partial charge on any atom is -0.497 e. The smallest absolute Gasteiger partial charge is 0.266 e. The van der Waals surface area contributed by atoms with Crippen molar-refractivity contribution in [3.63, 3.8) is 0 Å². The molecular formula is C28H22N2O4. The molecule has 2 saturated heterocycles. The van der Waals surface area contributed by atoms with Gasteiger partial charge in [-0.2, -0.15) is 0 Å². The molecule has 2 fully saturated rings. The lowest BCUT2D eigenvalue weighted by Gasteiger charge is -2.29. The van der Waals surface area contributed by atoms with Gasteiger partial charge in [-0.1, -0.05) is 66.7 Å². The van der Waals surface area contributed by atoms with Gasteiger partial charge in [0.05, 0.1) is 24.5 Å². The van der Waals surface area contributed by atoms with E-state index >= 15 is 0 Å². The Kier molecular flexibility index (Phi) is 4.81. The lowest BCUT2D eigenvalue weighted by molar-refractivity contribution is -0.126. The molecule has 0 spiro atoms. The van der Waals surface area contributed by atoms with Crippen LogP contribution in [-0.2, 0) is 14.4 Å². The van der Waals surface area contributed by atoms with E-state index in [1.54, 1.807) is 12.2 Å². The molecule has 2 heterocycles. The Balaban J connectivity index is 1.45. The quantitative estimate of drug-likeness (QED) is 0.414. The Hall–Kier alpha value is -4.16. The average Bonchev–Trinajstić information content (AvgIpc) is 3.40. The third-order valence-electron chi connectivity index (χ3n) is 6.59. The van der Waals surface area contributed by atoms with E-state index in [-0.39, 0.29) is 11.8 Å². The second-order valence-corrected chi connectivity index (χ2v) is 8.44. The molecule has 0 unspecified atom stereocenters. The number of nitrogens with zero attached hydrogens (tertiary/aromatic N) is 2. The molecule has 2 amide bonds. The Labute approximate surface area is 196 Å². The molecule has 34 heavy (non-hydrogen) atoms. The number of anilines is 2. The van der Waals surface area contributed by atoms with Crippen molar-refractivity contribution in [2.24, 2.45) is 5.92 Å². The van der Waals surface area contributed by atoms with E-state index in [9.17, 15) is 9.59 Å². The lowest BCUT2D eigenvalue weighted by atomic mass is 9.90.